The van der Waals surface area contributed by atoms with E-state index in [0.717, 1.165) is 0 Å². The number of carbonyl (C=O) groups is 2. The fourth-order valence-electron chi connectivity index (χ4n) is 0.864. The molecule has 22 heavy (non-hydrogen) atoms. The quantitative estimate of drug-likeness (QED) is 0.808. The minimum absolute atomic E-state index is 0.264. The summed E-state index contributed by atoms with van der Waals surface area (Å²) >= 11 is 0. The summed E-state index contributed by atoms with van der Waals surface area (Å²) in [4.78, 5) is 19.7. The minimum Gasteiger partial charge on any atom is -0.478 e. The van der Waals surface area contributed by atoms with Gasteiger partial charge >= 0.3 is 11.9 Å². The number of rotatable bonds is 4. The zero-order valence-corrected chi connectivity index (χ0v) is 13.4. The molecule has 1 aromatic rings. The van der Waals surface area contributed by atoms with Crippen molar-refractivity contribution in [2.45, 2.75) is 27.2 Å². The van der Waals surface area contributed by atoms with Gasteiger partial charge in [0.05, 0.1) is 0 Å². The highest BCUT2D eigenvalue weighted by Gasteiger charge is 1.96. The molecule has 1 aromatic carbocycles. The van der Waals surface area contributed by atoms with Gasteiger partial charge in [0.2, 0.25) is 0 Å². The molecule has 0 spiro atoms. The summed E-state index contributed by atoms with van der Waals surface area (Å²) in [7, 11) is 0. The van der Waals surface area contributed by atoms with Crippen molar-refractivity contribution in [2.24, 2.45) is 0 Å². The Kier molecular flexibility index (Phi) is 13.2. The Balaban J connectivity index is 0. The zero-order chi connectivity index (χ0) is 17.5. The minimum atomic E-state index is -0.900. The topological polar surface area (TPSA) is 74.6 Å². The van der Waals surface area contributed by atoms with Gasteiger partial charge in [-0.3, -0.25) is 0 Å². The molecular formula is C18H24O4. The largest absolute Gasteiger partial charge is 0.478 e. The number of benzene rings is 1. The maximum Gasteiger partial charge on any atom is 0.330 e. The summed E-state index contributed by atoms with van der Waals surface area (Å²) in [6.45, 7) is 11.9. The second-order valence-corrected chi connectivity index (χ2v) is 4.15. The van der Waals surface area contributed by atoms with Gasteiger partial charge in [0.25, 0.3) is 0 Å². The second-order valence-electron chi connectivity index (χ2n) is 4.15. The molecule has 2 N–H and O–H groups in total. The van der Waals surface area contributed by atoms with E-state index in [4.69, 9.17) is 10.2 Å². The molecule has 4 heteroatoms. The maximum absolute atomic E-state index is 9.86. The van der Waals surface area contributed by atoms with Crippen LogP contribution in [0.4, 0.5) is 0 Å². The Hall–Kier alpha value is -2.62. The molecule has 0 aromatic heterocycles. The number of carboxylic acid groups (broad SMARTS) is 2. The summed E-state index contributed by atoms with van der Waals surface area (Å²) in [5.74, 6) is -1.75. The lowest BCUT2D eigenvalue weighted by Gasteiger charge is -1.87. The Morgan fingerprint density at radius 3 is 1.77 bits per heavy atom. The molecule has 0 amide bonds. The van der Waals surface area contributed by atoms with Crippen molar-refractivity contribution in [1.29, 1.82) is 0 Å². The highest BCUT2D eigenvalue weighted by Crippen LogP contribution is 1.97. The molecule has 0 bridgehead atoms. The molecule has 0 aliphatic rings. The van der Waals surface area contributed by atoms with Crippen molar-refractivity contribution in [3.8, 4) is 0 Å². The molecule has 0 aliphatic heterocycles. The number of hydrogen-bond acceptors (Lipinski definition) is 2. The molecule has 120 valence electrons. The van der Waals surface area contributed by atoms with E-state index in [2.05, 4.69) is 13.2 Å². The molecule has 0 radical (unpaired) electrons. The second kappa shape index (κ2) is 13.4. The van der Waals surface area contributed by atoms with E-state index in [-0.39, 0.29) is 5.57 Å². The van der Waals surface area contributed by atoms with Crippen molar-refractivity contribution in [3.63, 3.8) is 0 Å². The molecule has 0 aliphatic carbocycles. The Labute approximate surface area is 132 Å². The van der Waals surface area contributed by atoms with Crippen LogP contribution in [-0.4, -0.2) is 22.2 Å². The first-order valence-corrected chi connectivity index (χ1v) is 6.74. The van der Waals surface area contributed by atoms with E-state index in [1.165, 1.54) is 5.56 Å². The molecule has 0 heterocycles. The number of allylic oxidation sites excluding steroid dienone is 1. The predicted octanol–water partition coefficient (Wildman–Crippen LogP) is 4.40. The highest BCUT2D eigenvalue weighted by molar-refractivity contribution is 5.85. The summed E-state index contributed by atoms with van der Waals surface area (Å²) in [6.07, 6.45) is 3.91. The number of hydrogen-bond donors (Lipinski definition) is 2. The molecule has 4 nitrogen and oxygen atoms in total. The standard InChI is InChI=1S/C8H8.2C5H8O2/c1-2-8-6-4-3-5-7-8;2*1-3-4(2)5(6)7/h2-7H,1H2;3H,1-2H3,(H,6,7);2-3H2,1H3,(H,6,7). The summed E-state index contributed by atoms with van der Waals surface area (Å²) in [5, 5.41) is 16.2. The SMILES string of the molecule is C=C(CC)C(=O)O.C=Cc1ccccc1.CC=C(C)C(=O)O. The Bertz CT molecular complexity index is 513. The van der Waals surface area contributed by atoms with Crippen molar-refractivity contribution in [3.05, 3.63) is 66.3 Å². The van der Waals surface area contributed by atoms with Crippen LogP contribution in [0.1, 0.15) is 32.8 Å². The number of carboxylic acids is 2. The molecule has 0 unspecified atom stereocenters. The third kappa shape index (κ3) is 12.4. The average molecular weight is 304 g/mol. The van der Waals surface area contributed by atoms with E-state index in [1.807, 2.05) is 36.4 Å². The van der Waals surface area contributed by atoms with Crippen molar-refractivity contribution >= 4 is 18.0 Å². The summed E-state index contributed by atoms with van der Waals surface area (Å²) in [6, 6.07) is 10.0. The lowest BCUT2D eigenvalue weighted by molar-refractivity contribution is -0.133. The smallest absolute Gasteiger partial charge is 0.330 e. The van der Waals surface area contributed by atoms with Crippen molar-refractivity contribution in [2.75, 3.05) is 0 Å². The van der Waals surface area contributed by atoms with E-state index >= 15 is 0 Å². The molecule has 0 fully saturated rings. The zero-order valence-electron chi connectivity index (χ0n) is 13.4. The molecular weight excluding hydrogens is 280 g/mol. The Morgan fingerprint density at radius 1 is 1.14 bits per heavy atom. The molecule has 0 saturated carbocycles. The Morgan fingerprint density at radius 2 is 1.64 bits per heavy atom. The van der Waals surface area contributed by atoms with Crippen LogP contribution in [0, 0.1) is 0 Å². The van der Waals surface area contributed by atoms with Gasteiger partial charge in [0, 0.05) is 11.1 Å². The van der Waals surface area contributed by atoms with E-state index < -0.39 is 11.9 Å². The lowest BCUT2D eigenvalue weighted by Crippen LogP contribution is -1.95. The van der Waals surface area contributed by atoms with E-state index in [9.17, 15) is 9.59 Å². The molecule has 0 saturated heterocycles. The highest BCUT2D eigenvalue weighted by atomic mass is 16.4. The van der Waals surface area contributed by atoms with Crippen molar-refractivity contribution in [1.82, 2.24) is 0 Å². The van der Waals surface area contributed by atoms with Gasteiger partial charge in [-0.25, -0.2) is 9.59 Å². The molecule has 1 rings (SSSR count). The van der Waals surface area contributed by atoms with Crippen LogP contribution in [0.25, 0.3) is 6.08 Å². The summed E-state index contributed by atoms with van der Waals surface area (Å²) < 4.78 is 0. The average Bonchev–Trinajstić information content (AvgIpc) is 2.54. The van der Waals surface area contributed by atoms with Gasteiger partial charge in [0.15, 0.2) is 0 Å². The van der Waals surface area contributed by atoms with Gasteiger partial charge in [0.1, 0.15) is 0 Å². The van der Waals surface area contributed by atoms with Gasteiger partial charge < -0.3 is 10.2 Å². The normalized spacial score (nSPS) is 9.32. The first kappa shape index (κ1) is 21.7. The fourth-order valence-corrected chi connectivity index (χ4v) is 0.864. The van der Waals surface area contributed by atoms with E-state index in [1.54, 1.807) is 26.8 Å². The first-order chi connectivity index (χ1) is 10.3. The van der Waals surface area contributed by atoms with Gasteiger partial charge in [-0.2, -0.15) is 0 Å². The van der Waals surface area contributed by atoms with Crippen LogP contribution in [0.2, 0.25) is 0 Å². The van der Waals surface area contributed by atoms with E-state index in [0.29, 0.717) is 12.0 Å². The van der Waals surface area contributed by atoms with Crippen LogP contribution in [0.15, 0.2) is 60.7 Å². The lowest BCUT2D eigenvalue weighted by atomic mass is 10.2. The van der Waals surface area contributed by atoms with Gasteiger partial charge in [-0.15, -0.1) is 0 Å². The fraction of sp³-hybridized carbons (Fsp3) is 0.222. The third-order valence-electron chi connectivity index (χ3n) is 2.53. The number of aliphatic carboxylic acids is 2. The van der Waals surface area contributed by atoms with Crippen LogP contribution in [0.3, 0.4) is 0 Å². The van der Waals surface area contributed by atoms with Crippen LogP contribution < -0.4 is 0 Å². The molecule has 0 atom stereocenters. The third-order valence-corrected chi connectivity index (χ3v) is 2.53. The van der Waals surface area contributed by atoms with Gasteiger partial charge in [-0.1, -0.05) is 62.6 Å². The van der Waals surface area contributed by atoms with Gasteiger partial charge in [-0.05, 0) is 25.8 Å². The van der Waals surface area contributed by atoms with Crippen molar-refractivity contribution < 1.29 is 19.8 Å². The monoisotopic (exact) mass is 304 g/mol. The van der Waals surface area contributed by atoms with Crippen LogP contribution in [0.5, 0.6) is 0 Å². The van der Waals surface area contributed by atoms with Crippen LogP contribution in [-0.2, 0) is 9.59 Å². The first-order valence-electron chi connectivity index (χ1n) is 6.74. The maximum atomic E-state index is 9.86. The van der Waals surface area contributed by atoms with Crippen LogP contribution >= 0.6 is 0 Å². The summed E-state index contributed by atoms with van der Waals surface area (Å²) in [5.41, 5.74) is 1.83. The predicted molar refractivity (Wildman–Crippen MR) is 90.7 cm³/mol.